The van der Waals surface area contributed by atoms with Gasteiger partial charge in [0, 0.05) is 31.5 Å². The largest absolute Gasteiger partial charge is 0.368 e. The van der Waals surface area contributed by atoms with Crippen molar-refractivity contribution in [2.75, 3.05) is 18.4 Å². The van der Waals surface area contributed by atoms with Crippen LogP contribution in [0.2, 0.25) is 5.02 Å². The Hall–Kier alpha value is -2.86. The molecule has 0 saturated heterocycles. The SMILES string of the molecule is Cc1nc(NCCNC(=O)c2ccccc2Cl)cc(-n2cccc2)n1. The molecule has 7 heteroatoms. The normalized spacial score (nSPS) is 10.5. The molecular weight excluding hydrogens is 338 g/mol. The van der Waals surface area contributed by atoms with E-state index in [0.29, 0.717) is 35.3 Å². The lowest BCUT2D eigenvalue weighted by Crippen LogP contribution is -2.29. The number of aryl methyl sites for hydroxylation is 1. The lowest BCUT2D eigenvalue weighted by Gasteiger charge is -2.10. The van der Waals surface area contributed by atoms with Crippen LogP contribution >= 0.6 is 11.6 Å². The summed E-state index contributed by atoms with van der Waals surface area (Å²) in [4.78, 5) is 20.9. The zero-order valence-electron chi connectivity index (χ0n) is 13.7. The molecule has 0 aliphatic rings. The minimum atomic E-state index is -0.195. The molecule has 25 heavy (non-hydrogen) atoms. The molecule has 0 bridgehead atoms. The van der Waals surface area contributed by atoms with Gasteiger partial charge in [0.15, 0.2) is 0 Å². The van der Waals surface area contributed by atoms with Crippen molar-refractivity contribution in [1.29, 1.82) is 0 Å². The number of rotatable bonds is 6. The van der Waals surface area contributed by atoms with E-state index in [1.54, 1.807) is 24.3 Å². The van der Waals surface area contributed by atoms with Crippen LogP contribution in [0.5, 0.6) is 0 Å². The Balaban J connectivity index is 1.56. The van der Waals surface area contributed by atoms with E-state index in [1.165, 1.54) is 0 Å². The molecule has 0 saturated carbocycles. The number of amides is 1. The zero-order valence-corrected chi connectivity index (χ0v) is 14.5. The molecule has 128 valence electrons. The van der Waals surface area contributed by atoms with Crippen LogP contribution in [-0.2, 0) is 0 Å². The average molecular weight is 356 g/mol. The van der Waals surface area contributed by atoms with Crippen molar-refractivity contribution in [3.8, 4) is 5.82 Å². The third kappa shape index (κ3) is 4.36. The van der Waals surface area contributed by atoms with Gasteiger partial charge in [-0.05, 0) is 31.2 Å². The number of carbonyl (C=O) groups is 1. The predicted molar refractivity (Wildman–Crippen MR) is 98.4 cm³/mol. The van der Waals surface area contributed by atoms with E-state index in [1.807, 2.05) is 42.1 Å². The maximum Gasteiger partial charge on any atom is 0.252 e. The molecule has 0 unspecified atom stereocenters. The first kappa shape index (κ1) is 17.0. The molecule has 3 rings (SSSR count). The second-order valence-electron chi connectivity index (χ2n) is 5.41. The molecule has 0 aliphatic heterocycles. The van der Waals surface area contributed by atoms with Gasteiger partial charge < -0.3 is 15.2 Å². The summed E-state index contributed by atoms with van der Waals surface area (Å²) in [6, 6.07) is 12.7. The van der Waals surface area contributed by atoms with Crippen molar-refractivity contribution in [1.82, 2.24) is 19.9 Å². The number of anilines is 1. The Labute approximate surface area is 150 Å². The lowest BCUT2D eigenvalue weighted by molar-refractivity contribution is 0.0955. The Kier molecular flexibility index (Phi) is 5.30. The molecule has 2 N–H and O–H groups in total. The minimum Gasteiger partial charge on any atom is -0.368 e. The zero-order chi connectivity index (χ0) is 17.6. The predicted octanol–water partition coefficient (Wildman–Crippen LogP) is 3.07. The fourth-order valence-electron chi connectivity index (χ4n) is 2.37. The third-order valence-electron chi connectivity index (χ3n) is 3.53. The van der Waals surface area contributed by atoms with Crippen molar-refractivity contribution < 1.29 is 4.79 Å². The third-order valence-corrected chi connectivity index (χ3v) is 3.86. The first-order valence-corrected chi connectivity index (χ1v) is 8.27. The first-order valence-electron chi connectivity index (χ1n) is 7.89. The summed E-state index contributed by atoms with van der Waals surface area (Å²) in [7, 11) is 0. The summed E-state index contributed by atoms with van der Waals surface area (Å²) in [5.41, 5.74) is 0.469. The quantitative estimate of drug-likeness (QED) is 0.666. The first-order chi connectivity index (χ1) is 12.1. The summed E-state index contributed by atoms with van der Waals surface area (Å²) in [6.07, 6.45) is 3.85. The lowest BCUT2D eigenvalue weighted by atomic mass is 10.2. The summed E-state index contributed by atoms with van der Waals surface area (Å²) in [5, 5.41) is 6.47. The maximum atomic E-state index is 12.1. The van der Waals surface area contributed by atoms with Crippen molar-refractivity contribution in [3.05, 3.63) is 71.3 Å². The van der Waals surface area contributed by atoms with Gasteiger partial charge in [0.25, 0.3) is 5.91 Å². The number of halogens is 1. The van der Waals surface area contributed by atoms with E-state index in [4.69, 9.17) is 11.6 Å². The molecule has 3 aromatic rings. The van der Waals surface area contributed by atoms with Gasteiger partial charge in [-0.3, -0.25) is 4.79 Å². The summed E-state index contributed by atoms with van der Waals surface area (Å²) < 4.78 is 1.92. The van der Waals surface area contributed by atoms with Gasteiger partial charge in [0.05, 0.1) is 10.6 Å². The molecule has 0 atom stereocenters. The van der Waals surface area contributed by atoms with Crippen LogP contribution in [0.1, 0.15) is 16.2 Å². The van der Waals surface area contributed by atoms with Crippen LogP contribution in [0.3, 0.4) is 0 Å². The number of carbonyl (C=O) groups excluding carboxylic acids is 1. The second kappa shape index (κ2) is 7.81. The van der Waals surface area contributed by atoms with Gasteiger partial charge in [0.2, 0.25) is 0 Å². The van der Waals surface area contributed by atoms with Gasteiger partial charge in [-0.1, -0.05) is 23.7 Å². The van der Waals surface area contributed by atoms with E-state index >= 15 is 0 Å². The number of nitrogens with one attached hydrogen (secondary N) is 2. The van der Waals surface area contributed by atoms with Crippen LogP contribution in [-0.4, -0.2) is 33.5 Å². The molecule has 0 fully saturated rings. The van der Waals surface area contributed by atoms with E-state index in [9.17, 15) is 4.79 Å². The second-order valence-corrected chi connectivity index (χ2v) is 5.82. The molecule has 1 aromatic carbocycles. The molecule has 0 spiro atoms. The highest BCUT2D eigenvalue weighted by Crippen LogP contribution is 2.14. The topological polar surface area (TPSA) is 71.8 Å². The van der Waals surface area contributed by atoms with Crippen LogP contribution in [0.4, 0.5) is 5.82 Å². The molecule has 1 amide bonds. The minimum absolute atomic E-state index is 0.195. The fourth-order valence-corrected chi connectivity index (χ4v) is 2.59. The van der Waals surface area contributed by atoms with Crippen molar-refractivity contribution in [3.63, 3.8) is 0 Å². The van der Waals surface area contributed by atoms with Gasteiger partial charge in [-0.2, -0.15) is 0 Å². The standard InChI is InChI=1S/C18H18ClN5O/c1-13-22-16(12-17(23-13)24-10-4-5-11-24)20-8-9-21-18(25)14-6-2-3-7-15(14)19/h2-7,10-12H,8-9H2,1H3,(H,21,25)(H,20,22,23). The van der Waals surface area contributed by atoms with Crippen molar-refractivity contribution in [2.45, 2.75) is 6.92 Å². The molecule has 2 heterocycles. The smallest absolute Gasteiger partial charge is 0.252 e. The van der Waals surface area contributed by atoms with E-state index in [2.05, 4.69) is 20.6 Å². The molecule has 0 radical (unpaired) electrons. The molecule has 6 nitrogen and oxygen atoms in total. The number of benzene rings is 1. The highest BCUT2D eigenvalue weighted by Gasteiger charge is 2.08. The Morgan fingerprint density at radius 2 is 1.88 bits per heavy atom. The van der Waals surface area contributed by atoms with Gasteiger partial charge >= 0.3 is 0 Å². The average Bonchev–Trinajstić information content (AvgIpc) is 3.13. The van der Waals surface area contributed by atoms with Gasteiger partial charge in [-0.25, -0.2) is 9.97 Å². The van der Waals surface area contributed by atoms with Crippen LogP contribution in [0, 0.1) is 6.92 Å². The molecular formula is C18H18ClN5O. The van der Waals surface area contributed by atoms with Crippen molar-refractivity contribution >= 4 is 23.3 Å². The highest BCUT2D eigenvalue weighted by atomic mass is 35.5. The Morgan fingerprint density at radius 3 is 2.64 bits per heavy atom. The summed E-state index contributed by atoms with van der Waals surface area (Å²) >= 11 is 6.02. The van der Waals surface area contributed by atoms with Crippen LogP contribution < -0.4 is 10.6 Å². The Bertz CT molecular complexity index is 864. The van der Waals surface area contributed by atoms with Crippen LogP contribution in [0.25, 0.3) is 5.82 Å². The van der Waals surface area contributed by atoms with Gasteiger partial charge in [-0.15, -0.1) is 0 Å². The van der Waals surface area contributed by atoms with E-state index in [0.717, 1.165) is 5.82 Å². The number of nitrogens with zero attached hydrogens (tertiary/aromatic N) is 3. The highest BCUT2D eigenvalue weighted by molar-refractivity contribution is 6.33. The van der Waals surface area contributed by atoms with Gasteiger partial charge in [0.1, 0.15) is 17.5 Å². The fraction of sp³-hybridized carbons (Fsp3) is 0.167. The molecule has 2 aromatic heterocycles. The Morgan fingerprint density at radius 1 is 1.12 bits per heavy atom. The molecule has 0 aliphatic carbocycles. The maximum absolute atomic E-state index is 12.1. The van der Waals surface area contributed by atoms with Crippen molar-refractivity contribution in [2.24, 2.45) is 0 Å². The van der Waals surface area contributed by atoms with E-state index < -0.39 is 0 Å². The monoisotopic (exact) mass is 355 g/mol. The number of hydrogen-bond acceptors (Lipinski definition) is 4. The van der Waals surface area contributed by atoms with Crippen LogP contribution in [0.15, 0.2) is 54.9 Å². The number of aromatic nitrogens is 3. The summed E-state index contributed by atoms with van der Waals surface area (Å²) in [5.74, 6) is 1.98. The van der Waals surface area contributed by atoms with E-state index in [-0.39, 0.29) is 5.91 Å². The number of hydrogen-bond donors (Lipinski definition) is 2. The summed E-state index contributed by atoms with van der Waals surface area (Å²) in [6.45, 7) is 2.83.